The van der Waals surface area contributed by atoms with E-state index >= 15 is 0 Å². The lowest BCUT2D eigenvalue weighted by Crippen LogP contribution is -2.12. The van der Waals surface area contributed by atoms with Crippen molar-refractivity contribution in [2.45, 2.75) is 0 Å². The molecule has 1 aromatic rings. The minimum atomic E-state index is -0.513. The second-order valence-corrected chi connectivity index (χ2v) is 4.37. The minimum absolute atomic E-state index is 0.102. The van der Waals surface area contributed by atoms with E-state index in [0.29, 0.717) is 5.69 Å². The smallest absolute Gasteiger partial charge is 0.289 e. The fourth-order valence-electron chi connectivity index (χ4n) is 0.900. The van der Waals surface area contributed by atoms with Crippen molar-refractivity contribution < 1.29 is 4.92 Å². The van der Waals surface area contributed by atoms with Gasteiger partial charge in [0.1, 0.15) is 5.02 Å². The standard InChI is InChI=1S/C7H7ClIN3O2/c1-11(9)10-5-2-3-6(8)7(4-5)12(13)14/h2-4,10H,1H3. The number of halogens is 2. The first kappa shape index (κ1) is 11.5. The van der Waals surface area contributed by atoms with Gasteiger partial charge in [-0.15, -0.1) is 0 Å². The van der Waals surface area contributed by atoms with Crippen LogP contribution in [0.3, 0.4) is 0 Å². The van der Waals surface area contributed by atoms with E-state index in [-0.39, 0.29) is 10.7 Å². The second kappa shape index (κ2) is 4.76. The van der Waals surface area contributed by atoms with Crippen molar-refractivity contribution in [2.24, 2.45) is 0 Å². The summed E-state index contributed by atoms with van der Waals surface area (Å²) >= 11 is 7.65. The predicted molar refractivity (Wildman–Crippen MR) is 63.5 cm³/mol. The zero-order chi connectivity index (χ0) is 10.7. The van der Waals surface area contributed by atoms with E-state index in [1.165, 1.54) is 12.1 Å². The highest BCUT2D eigenvalue weighted by molar-refractivity contribution is 14.1. The molecule has 0 saturated heterocycles. The Morgan fingerprint density at radius 3 is 2.79 bits per heavy atom. The van der Waals surface area contributed by atoms with Gasteiger partial charge in [-0.1, -0.05) is 11.6 Å². The van der Waals surface area contributed by atoms with Crippen LogP contribution in [0, 0.1) is 10.1 Å². The number of benzene rings is 1. The summed E-state index contributed by atoms with van der Waals surface area (Å²) in [5.74, 6) is 0. The van der Waals surface area contributed by atoms with E-state index in [0.717, 1.165) is 0 Å². The number of rotatable bonds is 3. The molecule has 0 aliphatic carbocycles. The quantitative estimate of drug-likeness (QED) is 0.401. The SMILES string of the molecule is CN(I)Nc1ccc(Cl)c([N+](=O)[O-])c1. The first-order valence-corrected chi connectivity index (χ1v) is 4.95. The molecule has 0 saturated carbocycles. The Labute approximate surface area is 99.7 Å². The van der Waals surface area contributed by atoms with Gasteiger partial charge in [-0.2, -0.15) is 3.22 Å². The molecule has 0 aliphatic rings. The average molecular weight is 328 g/mol. The van der Waals surface area contributed by atoms with Crippen molar-refractivity contribution >= 4 is 45.8 Å². The maximum absolute atomic E-state index is 10.5. The van der Waals surface area contributed by atoms with Gasteiger partial charge in [0.2, 0.25) is 0 Å². The Balaban J connectivity index is 3.00. The van der Waals surface area contributed by atoms with Crippen LogP contribution in [0.1, 0.15) is 0 Å². The van der Waals surface area contributed by atoms with Crippen LogP contribution in [0.15, 0.2) is 18.2 Å². The maximum atomic E-state index is 10.5. The first-order valence-electron chi connectivity index (χ1n) is 3.61. The van der Waals surface area contributed by atoms with Gasteiger partial charge < -0.3 is 5.43 Å². The van der Waals surface area contributed by atoms with E-state index in [4.69, 9.17) is 11.6 Å². The molecule has 0 radical (unpaired) electrons. The lowest BCUT2D eigenvalue weighted by molar-refractivity contribution is -0.384. The highest BCUT2D eigenvalue weighted by Crippen LogP contribution is 2.27. The Morgan fingerprint density at radius 2 is 2.29 bits per heavy atom. The minimum Gasteiger partial charge on any atom is -0.310 e. The third-order valence-corrected chi connectivity index (χ3v) is 1.99. The lowest BCUT2D eigenvalue weighted by atomic mass is 10.3. The molecule has 0 unspecified atom stereocenters. The summed E-state index contributed by atoms with van der Waals surface area (Å²) in [6.45, 7) is 0. The normalized spacial score (nSPS) is 10.3. The predicted octanol–water partition coefficient (Wildman–Crippen LogP) is 2.86. The highest BCUT2D eigenvalue weighted by atomic mass is 127. The zero-order valence-corrected chi connectivity index (χ0v) is 10.1. The van der Waals surface area contributed by atoms with Crippen LogP contribution in [-0.2, 0) is 0 Å². The van der Waals surface area contributed by atoms with Gasteiger partial charge in [-0.25, -0.2) is 0 Å². The van der Waals surface area contributed by atoms with Gasteiger partial charge in [0, 0.05) is 36.0 Å². The molecule has 0 bridgehead atoms. The number of nitrogens with one attached hydrogen (secondary N) is 1. The maximum Gasteiger partial charge on any atom is 0.289 e. The number of nitro groups is 1. The van der Waals surface area contributed by atoms with Crippen molar-refractivity contribution in [3.8, 4) is 0 Å². The number of hydrazine groups is 1. The third-order valence-electron chi connectivity index (χ3n) is 1.43. The van der Waals surface area contributed by atoms with Gasteiger partial charge >= 0.3 is 0 Å². The summed E-state index contributed by atoms with van der Waals surface area (Å²) in [6.07, 6.45) is 0. The van der Waals surface area contributed by atoms with Gasteiger partial charge in [-0.3, -0.25) is 10.1 Å². The van der Waals surface area contributed by atoms with Crippen LogP contribution in [0.25, 0.3) is 0 Å². The van der Waals surface area contributed by atoms with Crippen LogP contribution in [0.5, 0.6) is 0 Å². The first-order chi connectivity index (χ1) is 6.50. The van der Waals surface area contributed by atoms with Crippen LogP contribution >= 0.6 is 34.5 Å². The van der Waals surface area contributed by atoms with Crippen molar-refractivity contribution in [3.05, 3.63) is 33.3 Å². The second-order valence-electron chi connectivity index (χ2n) is 2.51. The third kappa shape index (κ3) is 2.96. The van der Waals surface area contributed by atoms with Gasteiger partial charge in [0.05, 0.1) is 10.6 Å². The number of hydrogen-bond acceptors (Lipinski definition) is 4. The van der Waals surface area contributed by atoms with Gasteiger partial charge in [0.15, 0.2) is 0 Å². The van der Waals surface area contributed by atoms with E-state index < -0.39 is 4.92 Å². The zero-order valence-electron chi connectivity index (χ0n) is 7.20. The lowest BCUT2D eigenvalue weighted by Gasteiger charge is -2.10. The van der Waals surface area contributed by atoms with Crippen LogP contribution < -0.4 is 5.43 Å². The molecule has 1 N–H and O–H groups in total. The molecule has 0 aliphatic heterocycles. The summed E-state index contributed by atoms with van der Waals surface area (Å²) in [4.78, 5) is 10.0. The molecule has 1 aromatic carbocycles. The van der Waals surface area contributed by atoms with E-state index in [1.807, 2.05) is 22.9 Å². The molecule has 0 atom stereocenters. The topological polar surface area (TPSA) is 58.4 Å². The molecule has 14 heavy (non-hydrogen) atoms. The Morgan fingerprint density at radius 1 is 1.64 bits per heavy atom. The number of nitrogens with zero attached hydrogens (tertiary/aromatic N) is 2. The summed E-state index contributed by atoms with van der Waals surface area (Å²) in [7, 11) is 1.78. The van der Waals surface area contributed by atoms with Gasteiger partial charge in [-0.05, 0) is 12.1 Å². The molecular formula is C7H7ClIN3O2. The molecule has 0 spiro atoms. The highest BCUT2D eigenvalue weighted by Gasteiger charge is 2.12. The molecule has 76 valence electrons. The van der Waals surface area contributed by atoms with Gasteiger partial charge in [0.25, 0.3) is 5.69 Å². The Hall–Kier alpha value is -0.600. The van der Waals surface area contributed by atoms with E-state index in [9.17, 15) is 10.1 Å². The van der Waals surface area contributed by atoms with E-state index in [1.54, 1.807) is 16.3 Å². The fraction of sp³-hybridized carbons (Fsp3) is 0.143. The molecule has 7 heteroatoms. The van der Waals surface area contributed by atoms with Crippen LogP contribution in [-0.4, -0.2) is 15.2 Å². The number of anilines is 1. The molecule has 0 aromatic heterocycles. The Kier molecular flexibility index (Phi) is 3.90. The largest absolute Gasteiger partial charge is 0.310 e. The molecule has 5 nitrogen and oxygen atoms in total. The summed E-state index contributed by atoms with van der Waals surface area (Å²) < 4.78 is 1.66. The summed E-state index contributed by atoms with van der Waals surface area (Å²) in [5.41, 5.74) is 3.41. The van der Waals surface area contributed by atoms with Crippen molar-refractivity contribution in [1.82, 2.24) is 3.22 Å². The van der Waals surface area contributed by atoms with Crippen molar-refractivity contribution in [3.63, 3.8) is 0 Å². The monoisotopic (exact) mass is 327 g/mol. The average Bonchev–Trinajstić information content (AvgIpc) is 2.07. The molecule has 1 rings (SSSR count). The molecule has 0 fully saturated rings. The molecule has 0 amide bonds. The Bertz CT molecular complexity index is 359. The van der Waals surface area contributed by atoms with E-state index in [2.05, 4.69) is 5.43 Å². The summed E-state index contributed by atoms with van der Waals surface area (Å²) in [6, 6.07) is 4.55. The van der Waals surface area contributed by atoms with Crippen molar-refractivity contribution in [2.75, 3.05) is 12.5 Å². The van der Waals surface area contributed by atoms with Crippen LogP contribution in [0.2, 0.25) is 5.02 Å². The van der Waals surface area contributed by atoms with Crippen LogP contribution in [0.4, 0.5) is 11.4 Å². The molecular weight excluding hydrogens is 320 g/mol. The fourth-order valence-corrected chi connectivity index (χ4v) is 1.37. The number of hydrogen-bond donors (Lipinski definition) is 1. The summed E-state index contributed by atoms with van der Waals surface area (Å²) in [5, 5.41) is 10.7. The molecule has 0 heterocycles. The van der Waals surface area contributed by atoms with Crippen molar-refractivity contribution in [1.29, 1.82) is 0 Å². The number of nitro benzene ring substituents is 1.